The predicted molar refractivity (Wildman–Crippen MR) is 136 cm³/mol. The van der Waals surface area contributed by atoms with Crippen molar-refractivity contribution in [3.05, 3.63) is 27.2 Å². The van der Waals surface area contributed by atoms with Crippen molar-refractivity contribution >= 4 is 62.5 Å². The van der Waals surface area contributed by atoms with E-state index < -0.39 is 15.6 Å². The molecule has 1 heterocycles. The van der Waals surface area contributed by atoms with Crippen LogP contribution in [0, 0.1) is 23.2 Å². The lowest BCUT2D eigenvalue weighted by molar-refractivity contribution is -0.147. The highest BCUT2D eigenvalue weighted by Crippen LogP contribution is 2.59. The first-order chi connectivity index (χ1) is 16.5. The summed E-state index contributed by atoms with van der Waals surface area (Å²) in [5, 5.41) is 3.70. The van der Waals surface area contributed by atoms with E-state index in [1.165, 1.54) is 20.7 Å². The van der Waals surface area contributed by atoms with Gasteiger partial charge in [0, 0.05) is 29.6 Å². The van der Waals surface area contributed by atoms with Crippen molar-refractivity contribution in [1.82, 2.24) is 9.62 Å². The lowest BCUT2D eigenvalue weighted by Crippen LogP contribution is -2.62. The zero-order valence-electron chi connectivity index (χ0n) is 19.2. The number of carbonyl (C=O) groups excluding carboxylic acids is 2. The number of nitrogens with one attached hydrogen (secondary N) is 1. The average molecular weight is 564 g/mol. The second-order valence-electron chi connectivity index (χ2n) is 10.5. The van der Waals surface area contributed by atoms with Crippen molar-refractivity contribution in [2.24, 2.45) is 28.9 Å². The normalized spacial score (nSPS) is 34.0. The SMILES string of the molecule is NC(=O)[C@]12CC3CC(C1)[C@@H](NC(=O)CN1CCCCN(c4c(Cl)cc(Cl)cc4Cl)S1(=O)=O)C(C3)C2. The topological polar surface area (TPSA) is 113 Å². The van der Waals surface area contributed by atoms with Gasteiger partial charge in [-0.15, -0.1) is 0 Å². The van der Waals surface area contributed by atoms with Crippen LogP contribution >= 0.6 is 34.8 Å². The lowest BCUT2D eigenvalue weighted by atomic mass is 9.47. The molecule has 3 N–H and O–H groups in total. The highest BCUT2D eigenvalue weighted by atomic mass is 35.5. The van der Waals surface area contributed by atoms with E-state index in [0.717, 1.165) is 19.3 Å². The number of nitrogens with two attached hydrogens (primary N) is 1. The number of benzene rings is 1. The van der Waals surface area contributed by atoms with Crippen molar-refractivity contribution in [2.45, 2.75) is 51.0 Å². The number of halogens is 3. The summed E-state index contributed by atoms with van der Waals surface area (Å²) in [6, 6.07) is 2.84. The van der Waals surface area contributed by atoms with Crippen molar-refractivity contribution in [2.75, 3.05) is 23.9 Å². The van der Waals surface area contributed by atoms with Gasteiger partial charge in [-0.2, -0.15) is 12.7 Å². The molecule has 12 heteroatoms. The molecule has 2 unspecified atom stereocenters. The minimum atomic E-state index is -4.06. The summed E-state index contributed by atoms with van der Waals surface area (Å²) in [5.74, 6) is 0.302. The molecule has 4 saturated carbocycles. The molecule has 1 saturated heterocycles. The fraction of sp³-hybridized carbons (Fsp3) is 0.652. The molecule has 5 fully saturated rings. The second kappa shape index (κ2) is 9.24. The third-order valence-corrected chi connectivity index (χ3v) is 11.0. The van der Waals surface area contributed by atoms with Gasteiger partial charge in [0.2, 0.25) is 11.8 Å². The van der Waals surface area contributed by atoms with Crippen LogP contribution in [0.25, 0.3) is 0 Å². The summed E-state index contributed by atoms with van der Waals surface area (Å²) in [6.45, 7) is 0.131. The third kappa shape index (κ3) is 4.52. The van der Waals surface area contributed by atoms with E-state index in [9.17, 15) is 18.0 Å². The Kier molecular flexibility index (Phi) is 6.70. The van der Waals surface area contributed by atoms with Gasteiger partial charge in [0.15, 0.2) is 0 Å². The first-order valence-electron chi connectivity index (χ1n) is 12.0. The molecule has 0 aromatic heterocycles. The molecular weight excluding hydrogens is 535 g/mol. The number of carbonyl (C=O) groups is 2. The molecule has 0 spiro atoms. The standard InChI is InChI=1S/C23H29Cl3N4O4S/c24-16-7-17(25)21(18(26)8-16)30-4-2-1-3-29(35(30,33)34)12-19(31)28-20-14-5-13-6-15(20)11-23(9-13,10-14)22(27)32/h7-8,13-15,20H,1-6,9-12H2,(H2,27,32)(H,28,31)/t13?,14?,15?,20-,23-. The summed E-state index contributed by atoms with van der Waals surface area (Å²) in [5.41, 5.74) is 5.49. The Labute approximate surface area is 220 Å². The van der Waals surface area contributed by atoms with E-state index in [1.54, 1.807) is 0 Å². The maximum absolute atomic E-state index is 13.6. The van der Waals surface area contributed by atoms with Crippen LogP contribution in [-0.4, -0.2) is 50.2 Å². The van der Waals surface area contributed by atoms with Gasteiger partial charge in [-0.3, -0.25) is 13.9 Å². The molecule has 2 atom stereocenters. The smallest absolute Gasteiger partial charge is 0.304 e. The van der Waals surface area contributed by atoms with E-state index in [4.69, 9.17) is 40.5 Å². The molecule has 192 valence electrons. The minimum absolute atomic E-state index is 0.0579. The largest absolute Gasteiger partial charge is 0.369 e. The van der Waals surface area contributed by atoms with Crippen LogP contribution in [0.4, 0.5) is 5.69 Å². The second-order valence-corrected chi connectivity index (χ2v) is 13.7. The zero-order valence-corrected chi connectivity index (χ0v) is 22.3. The van der Waals surface area contributed by atoms with Crippen molar-refractivity contribution in [1.29, 1.82) is 0 Å². The van der Waals surface area contributed by atoms with Gasteiger partial charge in [-0.1, -0.05) is 34.8 Å². The quantitative estimate of drug-likeness (QED) is 0.570. The zero-order chi connectivity index (χ0) is 25.1. The van der Waals surface area contributed by atoms with Crippen LogP contribution in [0.2, 0.25) is 15.1 Å². The average Bonchev–Trinajstić information content (AvgIpc) is 2.88. The van der Waals surface area contributed by atoms with E-state index >= 15 is 0 Å². The molecule has 4 aliphatic carbocycles. The van der Waals surface area contributed by atoms with Crippen molar-refractivity contribution in [3.63, 3.8) is 0 Å². The van der Waals surface area contributed by atoms with Crippen molar-refractivity contribution in [3.8, 4) is 0 Å². The Bertz CT molecular complexity index is 1120. The monoisotopic (exact) mass is 562 g/mol. The highest BCUT2D eigenvalue weighted by molar-refractivity contribution is 7.90. The number of primary amides is 1. The van der Waals surface area contributed by atoms with Gasteiger partial charge >= 0.3 is 10.2 Å². The molecular formula is C23H29Cl3N4O4S. The van der Waals surface area contributed by atoms with Crippen LogP contribution in [0.1, 0.15) is 44.9 Å². The number of rotatable bonds is 5. The van der Waals surface area contributed by atoms with Gasteiger partial charge in [0.25, 0.3) is 0 Å². The van der Waals surface area contributed by atoms with Gasteiger partial charge in [0.1, 0.15) is 0 Å². The van der Waals surface area contributed by atoms with Crippen LogP contribution < -0.4 is 15.4 Å². The van der Waals surface area contributed by atoms with Gasteiger partial charge < -0.3 is 11.1 Å². The Morgan fingerprint density at radius 2 is 1.63 bits per heavy atom. The summed E-state index contributed by atoms with van der Waals surface area (Å²) >= 11 is 18.7. The fourth-order valence-electron chi connectivity index (χ4n) is 7.03. The Morgan fingerprint density at radius 1 is 1.03 bits per heavy atom. The first kappa shape index (κ1) is 25.4. The summed E-state index contributed by atoms with van der Waals surface area (Å²) < 4.78 is 29.5. The molecule has 5 aliphatic rings. The van der Waals surface area contributed by atoms with Crippen LogP contribution in [0.15, 0.2) is 12.1 Å². The predicted octanol–water partition coefficient (Wildman–Crippen LogP) is 3.59. The molecule has 1 aliphatic heterocycles. The first-order valence-corrected chi connectivity index (χ1v) is 14.5. The van der Waals surface area contributed by atoms with E-state index in [2.05, 4.69) is 5.32 Å². The summed E-state index contributed by atoms with van der Waals surface area (Å²) in [6.07, 6.45) is 5.39. The lowest BCUT2D eigenvalue weighted by Gasteiger charge is -2.58. The number of anilines is 1. The molecule has 1 aromatic rings. The number of hydrogen-bond acceptors (Lipinski definition) is 4. The minimum Gasteiger partial charge on any atom is -0.369 e. The number of nitrogens with zero attached hydrogens (tertiary/aromatic N) is 2. The molecule has 2 amide bonds. The molecule has 0 radical (unpaired) electrons. The van der Waals surface area contributed by atoms with E-state index in [1.807, 2.05) is 0 Å². The van der Waals surface area contributed by atoms with Gasteiger partial charge in [-0.25, -0.2) is 0 Å². The van der Waals surface area contributed by atoms with Gasteiger partial charge in [0.05, 0.1) is 22.3 Å². The molecule has 4 bridgehead atoms. The Balaban J connectivity index is 1.32. The van der Waals surface area contributed by atoms with Crippen LogP contribution in [-0.2, 0) is 19.8 Å². The maximum atomic E-state index is 13.6. The molecule has 8 nitrogen and oxygen atoms in total. The Morgan fingerprint density at radius 3 is 2.23 bits per heavy atom. The summed E-state index contributed by atoms with van der Waals surface area (Å²) in [7, 11) is -4.06. The Hall–Kier alpha value is -1.26. The summed E-state index contributed by atoms with van der Waals surface area (Å²) in [4.78, 5) is 25.3. The maximum Gasteiger partial charge on any atom is 0.304 e. The molecule has 6 rings (SSSR count). The van der Waals surface area contributed by atoms with Crippen LogP contribution in [0.3, 0.4) is 0 Å². The van der Waals surface area contributed by atoms with Crippen LogP contribution in [0.5, 0.6) is 0 Å². The van der Waals surface area contributed by atoms with E-state index in [-0.39, 0.29) is 65.1 Å². The molecule has 1 aromatic carbocycles. The highest BCUT2D eigenvalue weighted by Gasteiger charge is 2.58. The third-order valence-electron chi connectivity index (χ3n) is 8.30. The van der Waals surface area contributed by atoms with Gasteiger partial charge in [-0.05, 0) is 74.8 Å². The number of amides is 2. The molecule has 35 heavy (non-hydrogen) atoms. The number of hydrogen-bond donors (Lipinski definition) is 2. The van der Waals surface area contributed by atoms with Crippen molar-refractivity contribution < 1.29 is 18.0 Å². The van der Waals surface area contributed by atoms with E-state index in [0.29, 0.717) is 36.6 Å². The fourth-order valence-corrected chi connectivity index (χ4v) is 9.86.